The van der Waals surface area contributed by atoms with Crippen molar-refractivity contribution in [1.29, 1.82) is 0 Å². The number of alkyl halides is 3. The molecule has 10 heteroatoms. The first-order valence-corrected chi connectivity index (χ1v) is 11.6. The second-order valence-electron chi connectivity index (χ2n) is 9.07. The van der Waals surface area contributed by atoms with E-state index in [1.807, 2.05) is 0 Å². The Balaban J connectivity index is 1.53. The summed E-state index contributed by atoms with van der Waals surface area (Å²) in [5.74, 6) is -6.25. The molecule has 0 bridgehead atoms. The van der Waals surface area contributed by atoms with Crippen LogP contribution in [0.3, 0.4) is 0 Å². The Kier molecular flexibility index (Phi) is 4.99. The molecular formula is C27H15ClF3NO5. The third kappa shape index (κ3) is 3.10. The predicted molar refractivity (Wildman–Crippen MR) is 124 cm³/mol. The van der Waals surface area contributed by atoms with Crippen LogP contribution < -0.4 is 4.90 Å². The largest absolute Gasteiger partial charge is 0.417 e. The summed E-state index contributed by atoms with van der Waals surface area (Å²) >= 11 is 5.73. The van der Waals surface area contributed by atoms with E-state index >= 15 is 0 Å². The summed E-state index contributed by atoms with van der Waals surface area (Å²) in [5.41, 5.74) is -3.33. The van der Waals surface area contributed by atoms with Crippen LogP contribution in [0.25, 0.3) is 0 Å². The van der Waals surface area contributed by atoms with Crippen molar-refractivity contribution in [3.05, 3.63) is 100 Å². The van der Waals surface area contributed by atoms with Gasteiger partial charge >= 0.3 is 6.18 Å². The van der Waals surface area contributed by atoms with Crippen molar-refractivity contribution in [2.75, 3.05) is 4.90 Å². The van der Waals surface area contributed by atoms with E-state index in [0.717, 1.165) is 12.1 Å². The number of hydrogen-bond donors (Lipinski definition) is 0. The van der Waals surface area contributed by atoms with Crippen molar-refractivity contribution in [1.82, 2.24) is 0 Å². The SMILES string of the molecule is O=C1[C@@H]2C(c3ccccc3)OC3(C(=O)c4ccccc4C3=O)[C@@H]2C(=O)N1c1ccc(Cl)c(C(F)(F)F)c1. The summed E-state index contributed by atoms with van der Waals surface area (Å²) in [6, 6.07) is 17.0. The molecule has 1 spiro atoms. The van der Waals surface area contributed by atoms with Crippen molar-refractivity contribution in [2.24, 2.45) is 11.8 Å². The standard InChI is InChI=1S/C27H15ClF3NO5/c28-18-11-10-14(12-17(18)27(29,30)31)32-24(35)19-20(25(32)36)26(37-21(19)13-6-2-1-3-7-13)22(33)15-8-4-5-9-16(15)23(26)34/h1-12,19-21H/t19-,20-,21?/m0/s1. The fraction of sp³-hybridized carbons (Fsp3) is 0.185. The molecule has 3 atom stereocenters. The molecule has 1 unspecified atom stereocenters. The summed E-state index contributed by atoms with van der Waals surface area (Å²) in [6.45, 7) is 0. The number of nitrogens with zero attached hydrogens (tertiary/aromatic N) is 1. The molecule has 6 nitrogen and oxygen atoms in total. The maximum absolute atomic E-state index is 13.8. The maximum atomic E-state index is 13.8. The molecule has 2 amide bonds. The van der Waals surface area contributed by atoms with Crippen LogP contribution in [-0.2, 0) is 20.5 Å². The summed E-state index contributed by atoms with van der Waals surface area (Å²) < 4.78 is 46.7. The summed E-state index contributed by atoms with van der Waals surface area (Å²) in [5, 5.41) is -0.603. The number of carbonyl (C=O) groups excluding carboxylic acids is 4. The molecule has 2 heterocycles. The molecule has 0 saturated carbocycles. The van der Waals surface area contributed by atoms with Gasteiger partial charge in [-0.1, -0.05) is 66.2 Å². The van der Waals surface area contributed by atoms with Gasteiger partial charge in [0.25, 0.3) is 0 Å². The topological polar surface area (TPSA) is 80.8 Å². The van der Waals surface area contributed by atoms with Gasteiger partial charge in [0.15, 0.2) is 0 Å². The van der Waals surface area contributed by atoms with Gasteiger partial charge in [-0.05, 0) is 23.8 Å². The Hall–Kier alpha value is -3.82. The lowest BCUT2D eigenvalue weighted by Crippen LogP contribution is -2.51. The van der Waals surface area contributed by atoms with E-state index in [2.05, 4.69) is 0 Å². The molecular weight excluding hydrogens is 511 g/mol. The number of halogens is 4. The van der Waals surface area contributed by atoms with E-state index in [1.54, 1.807) is 42.5 Å². The first kappa shape index (κ1) is 23.6. The summed E-state index contributed by atoms with van der Waals surface area (Å²) in [4.78, 5) is 55.5. The highest BCUT2D eigenvalue weighted by Crippen LogP contribution is 2.57. The number of hydrogen-bond acceptors (Lipinski definition) is 5. The fourth-order valence-corrected chi connectivity index (χ4v) is 5.81. The zero-order valence-electron chi connectivity index (χ0n) is 18.7. The monoisotopic (exact) mass is 525 g/mol. The second-order valence-corrected chi connectivity index (χ2v) is 9.47. The number of anilines is 1. The van der Waals surface area contributed by atoms with Crippen LogP contribution in [0, 0.1) is 11.8 Å². The van der Waals surface area contributed by atoms with E-state index in [9.17, 15) is 32.3 Å². The minimum Gasteiger partial charge on any atom is -0.349 e. The van der Waals surface area contributed by atoms with Crippen molar-refractivity contribution in [2.45, 2.75) is 17.9 Å². The number of ketones is 2. The number of Topliss-reactive ketones (excluding diaryl/α,β-unsaturated/α-hetero) is 2. The molecule has 3 aliphatic rings. The predicted octanol–water partition coefficient (Wildman–Crippen LogP) is 5.05. The van der Waals surface area contributed by atoms with E-state index in [0.29, 0.717) is 16.5 Å². The Morgan fingerprint density at radius 3 is 2.00 bits per heavy atom. The Morgan fingerprint density at radius 2 is 1.41 bits per heavy atom. The molecule has 1 aliphatic carbocycles. The van der Waals surface area contributed by atoms with Gasteiger partial charge in [-0.15, -0.1) is 0 Å². The Morgan fingerprint density at radius 1 is 0.811 bits per heavy atom. The van der Waals surface area contributed by atoms with Crippen LogP contribution in [0.1, 0.15) is 37.9 Å². The molecule has 3 aromatic carbocycles. The molecule has 186 valence electrons. The number of ether oxygens (including phenoxy) is 1. The molecule has 2 fully saturated rings. The lowest BCUT2D eigenvalue weighted by atomic mass is 9.77. The molecule has 37 heavy (non-hydrogen) atoms. The highest BCUT2D eigenvalue weighted by atomic mass is 35.5. The average Bonchev–Trinajstić information content (AvgIpc) is 3.44. The van der Waals surface area contributed by atoms with Crippen LogP contribution >= 0.6 is 11.6 Å². The van der Waals surface area contributed by atoms with Gasteiger partial charge in [0, 0.05) is 11.1 Å². The van der Waals surface area contributed by atoms with Crippen LogP contribution in [-0.4, -0.2) is 29.0 Å². The lowest BCUT2D eigenvalue weighted by Gasteiger charge is -2.27. The van der Waals surface area contributed by atoms with Gasteiger partial charge < -0.3 is 4.74 Å². The third-order valence-electron chi connectivity index (χ3n) is 7.16. The minimum absolute atomic E-state index is 0.0597. The van der Waals surface area contributed by atoms with Crippen molar-refractivity contribution < 1.29 is 37.1 Å². The van der Waals surface area contributed by atoms with Gasteiger partial charge in [0.1, 0.15) is 0 Å². The average molecular weight is 526 g/mol. The molecule has 0 aromatic heterocycles. The van der Waals surface area contributed by atoms with E-state index in [-0.39, 0.29) is 16.8 Å². The summed E-state index contributed by atoms with van der Waals surface area (Å²) in [6.07, 6.45) is -6.01. The minimum atomic E-state index is -4.84. The normalized spacial score (nSPS) is 24.2. The van der Waals surface area contributed by atoms with E-state index in [4.69, 9.17) is 16.3 Å². The number of imide groups is 1. The second kappa shape index (κ2) is 7.84. The maximum Gasteiger partial charge on any atom is 0.417 e. The first-order valence-electron chi connectivity index (χ1n) is 11.2. The molecule has 6 rings (SSSR count). The first-order chi connectivity index (χ1) is 17.6. The Labute approximate surface area is 212 Å². The highest BCUT2D eigenvalue weighted by Gasteiger charge is 2.74. The smallest absolute Gasteiger partial charge is 0.349 e. The van der Waals surface area contributed by atoms with Gasteiger partial charge in [-0.2, -0.15) is 13.2 Å². The zero-order chi connectivity index (χ0) is 26.3. The van der Waals surface area contributed by atoms with Gasteiger partial charge in [0.05, 0.1) is 34.2 Å². The molecule has 2 saturated heterocycles. The molecule has 0 N–H and O–H groups in total. The lowest BCUT2D eigenvalue weighted by molar-refractivity contribution is -0.137. The molecule has 2 aliphatic heterocycles. The molecule has 3 aromatic rings. The van der Waals surface area contributed by atoms with Crippen LogP contribution in [0.4, 0.5) is 18.9 Å². The summed E-state index contributed by atoms with van der Waals surface area (Å²) in [7, 11) is 0. The van der Waals surface area contributed by atoms with Crippen molar-refractivity contribution in [3.63, 3.8) is 0 Å². The quantitative estimate of drug-likeness (QED) is 0.345. The number of fused-ring (bicyclic) bond motifs is 3. The van der Waals surface area contributed by atoms with Crippen LogP contribution in [0.5, 0.6) is 0 Å². The van der Waals surface area contributed by atoms with Crippen LogP contribution in [0.15, 0.2) is 72.8 Å². The molecule has 0 radical (unpaired) electrons. The fourth-order valence-electron chi connectivity index (χ4n) is 5.58. The number of carbonyl (C=O) groups is 4. The number of rotatable bonds is 2. The Bertz CT molecular complexity index is 1480. The van der Waals surface area contributed by atoms with Crippen molar-refractivity contribution in [3.8, 4) is 0 Å². The van der Waals surface area contributed by atoms with Crippen LogP contribution in [0.2, 0.25) is 5.02 Å². The van der Waals surface area contributed by atoms with Gasteiger partial charge in [-0.3, -0.25) is 19.2 Å². The number of amides is 2. The number of benzene rings is 3. The van der Waals surface area contributed by atoms with E-state index in [1.165, 1.54) is 12.1 Å². The van der Waals surface area contributed by atoms with Gasteiger partial charge in [0.2, 0.25) is 29.0 Å². The third-order valence-corrected chi connectivity index (χ3v) is 7.49. The zero-order valence-corrected chi connectivity index (χ0v) is 19.4. The van der Waals surface area contributed by atoms with E-state index < -0.39 is 63.7 Å². The van der Waals surface area contributed by atoms with Gasteiger partial charge in [-0.25, -0.2) is 4.90 Å². The van der Waals surface area contributed by atoms with Crippen molar-refractivity contribution >= 4 is 40.7 Å². The highest BCUT2D eigenvalue weighted by molar-refractivity contribution is 6.37.